The number of halogens is 2. The zero-order valence-electron chi connectivity index (χ0n) is 15.7. The second kappa shape index (κ2) is 7.90. The van der Waals surface area contributed by atoms with Crippen LogP contribution in [0.2, 0.25) is 0 Å². The average molecular weight is 375 g/mol. The second-order valence-corrected chi connectivity index (χ2v) is 7.96. The molecule has 146 valence electrons. The standard InChI is InChI=1S/C20H27F2N5/c21-17(22)15-27-18(14-16-6-2-5-11-23-16)24-25-19(27)26-12-9-20(10-13-26)7-3-1-4-8-20/h2,5-6,11,17H,1,3-4,7-10,12-15H2. The first-order valence-corrected chi connectivity index (χ1v) is 10.0. The van der Waals surface area contributed by atoms with E-state index < -0.39 is 6.43 Å². The van der Waals surface area contributed by atoms with E-state index in [1.54, 1.807) is 10.8 Å². The van der Waals surface area contributed by atoms with Gasteiger partial charge in [-0.25, -0.2) is 8.78 Å². The number of rotatable bonds is 5. The van der Waals surface area contributed by atoms with Gasteiger partial charge in [-0.2, -0.15) is 0 Å². The molecule has 4 rings (SSSR count). The molecule has 1 saturated carbocycles. The molecular weight excluding hydrogens is 348 g/mol. The molecule has 0 bridgehead atoms. The normalized spacial score (nSPS) is 19.7. The topological polar surface area (TPSA) is 46.8 Å². The van der Waals surface area contributed by atoms with Crippen LogP contribution >= 0.6 is 0 Å². The summed E-state index contributed by atoms with van der Waals surface area (Å²) in [5.74, 6) is 1.15. The van der Waals surface area contributed by atoms with Crippen molar-refractivity contribution < 1.29 is 8.78 Å². The van der Waals surface area contributed by atoms with Crippen LogP contribution in [0.15, 0.2) is 24.4 Å². The van der Waals surface area contributed by atoms with Crippen LogP contribution in [0.4, 0.5) is 14.7 Å². The van der Waals surface area contributed by atoms with Crippen molar-refractivity contribution in [1.29, 1.82) is 0 Å². The van der Waals surface area contributed by atoms with Gasteiger partial charge in [0.2, 0.25) is 5.95 Å². The third-order valence-electron chi connectivity index (χ3n) is 6.21. The number of alkyl halides is 2. The minimum atomic E-state index is -2.43. The molecule has 0 amide bonds. The average Bonchev–Trinajstić information content (AvgIpc) is 3.06. The summed E-state index contributed by atoms with van der Waals surface area (Å²) in [6, 6.07) is 5.62. The summed E-state index contributed by atoms with van der Waals surface area (Å²) < 4.78 is 28.1. The van der Waals surface area contributed by atoms with Gasteiger partial charge in [0.25, 0.3) is 6.43 Å². The number of hydrogen-bond donors (Lipinski definition) is 0. The molecule has 7 heteroatoms. The maximum atomic E-state index is 13.2. The molecule has 27 heavy (non-hydrogen) atoms. The first-order valence-electron chi connectivity index (χ1n) is 10.0. The fourth-order valence-electron chi connectivity index (χ4n) is 4.66. The largest absolute Gasteiger partial charge is 0.341 e. The Morgan fingerprint density at radius 2 is 1.78 bits per heavy atom. The van der Waals surface area contributed by atoms with Gasteiger partial charge < -0.3 is 4.90 Å². The molecule has 0 radical (unpaired) electrons. The molecule has 3 heterocycles. The molecule has 0 aromatic carbocycles. The Balaban J connectivity index is 1.52. The molecule has 5 nitrogen and oxygen atoms in total. The van der Waals surface area contributed by atoms with Crippen LogP contribution in [0.25, 0.3) is 0 Å². The minimum Gasteiger partial charge on any atom is -0.341 e. The van der Waals surface area contributed by atoms with E-state index in [-0.39, 0.29) is 6.54 Å². The molecule has 1 saturated heterocycles. The Morgan fingerprint density at radius 3 is 2.44 bits per heavy atom. The van der Waals surface area contributed by atoms with Gasteiger partial charge in [-0.1, -0.05) is 25.3 Å². The molecule has 2 fully saturated rings. The molecule has 1 spiro atoms. The van der Waals surface area contributed by atoms with Crippen LogP contribution in [-0.2, 0) is 13.0 Å². The predicted molar refractivity (Wildman–Crippen MR) is 100 cm³/mol. The highest BCUT2D eigenvalue weighted by Crippen LogP contribution is 2.45. The number of aromatic nitrogens is 4. The van der Waals surface area contributed by atoms with Crippen LogP contribution in [0.5, 0.6) is 0 Å². The van der Waals surface area contributed by atoms with Crippen molar-refractivity contribution in [1.82, 2.24) is 19.7 Å². The highest BCUT2D eigenvalue weighted by molar-refractivity contribution is 5.33. The fourth-order valence-corrected chi connectivity index (χ4v) is 4.66. The van der Waals surface area contributed by atoms with Crippen LogP contribution < -0.4 is 4.90 Å². The highest BCUT2D eigenvalue weighted by Gasteiger charge is 2.36. The summed E-state index contributed by atoms with van der Waals surface area (Å²) in [6.07, 6.45) is 8.59. The monoisotopic (exact) mass is 375 g/mol. The van der Waals surface area contributed by atoms with Crippen molar-refractivity contribution in [3.63, 3.8) is 0 Å². The summed E-state index contributed by atoms with van der Waals surface area (Å²) >= 11 is 0. The van der Waals surface area contributed by atoms with Gasteiger partial charge in [0, 0.05) is 25.0 Å². The lowest BCUT2D eigenvalue weighted by Crippen LogP contribution is -2.42. The molecule has 1 aliphatic heterocycles. The van der Waals surface area contributed by atoms with Gasteiger partial charge in [0.05, 0.1) is 13.0 Å². The first-order chi connectivity index (χ1) is 13.2. The van der Waals surface area contributed by atoms with Crippen molar-refractivity contribution in [3.8, 4) is 0 Å². The van der Waals surface area contributed by atoms with Gasteiger partial charge in [-0.3, -0.25) is 9.55 Å². The molecular formula is C20H27F2N5. The molecule has 0 atom stereocenters. The second-order valence-electron chi connectivity index (χ2n) is 7.96. The number of piperidine rings is 1. The predicted octanol–water partition coefficient (Wildman–Crippen LogP) is 4.08. The van der Waals surface area contributed by atoms with E-state index in [2.05, 4.69) is 20.1 Å². The summed E-state index contributed by atoms with van der Waals surface area (Å²) in [5, 5.41) is 8.54. The summed E-state index contributed by atoms with van der Waals surface area (Å²) in [5.41, 5.74) is 1.28. The van der Waals surface area contributed by atoms with E-state index in [1.807, 2.05) is 18.2 Å². The third-order valence-corrected chi connectivity index (χ3v) is 6.21. The Kier molecular flexibility index (Phi) is 5.36. The molecule has 2 aromatic heterocycles. The third kappa shape index (κ3) is 4.12. The quantitative estimate of drug-likeness (QED) is 0.790. The molecule has 2 aromatic rings. The summed E-state index contributed by atoms with van der Waals surface area (Å²) in [4.78, 5) is 6.44. The van der Waals surface area contributed by atoms with Crippen LogP contribution in [0.1, 0.15) is 56.5 Å². The van der Waals surface area contributed by atoms with Crippen molar-refractivity contribution in [2.24, 2.45) is 5.41 Å². The van der Waals surface area contributed by atoms with E-state index in [0.29, 0.717) is 23.6 Å². The maximum absolute atomic E-state index is 13.2. The number of nitrogens with zero attached hydrogens (tertiary/aromatic N) is 5. The van der Waals surface area contributed by atoms with E-state index in [1.165, 1.54) is 32.1 Å². The van der Waals surface area contributed by atoms with E-state index in [0.717, 1.165) is 31.6 Å². The van der Waals surface area contributed by atoms with Gasteiger partial charge >= 0.3 is 0 Å². The van der Waals surface area contributed by atoms with Crippen molar-refractivity contribution in [3.05, 3.63) is 35.9 Å². The van der Waals surface area contributed by atoms with E-state index in [9.17, 15) is 8.78 Å². The number of anilines is 1. The Bertz CT molecular complexity index is 730. The molecule has 1 aliphatic carbocycles. The van der Waals surface area contributed by atoms with Gasteiger partial charge in [0.1, 0.15) is 5.82 Å². The highest BCUT2D eigenvalue weighted by atomic mass is 19.3. The Hall–Kier alpha value is -2.05. The van der Waals surface area contributed by atoms with Crippen molar-refractivity contribution in [2.75, 3.05) is 18.0 Å². The Labute approximate surface area is 158 Å². The van der Waals surface area contributed by atoms with Crippen LogP contribution in [0, 0.1) is 5.41 Å². The lowest BCUT2D eigenvalue weighted by Gasteiger charge is -2.44. The fraction of sp³-hybridized carbons (Fsp3) is 0.650. The molecule has 0 N–H and O–H groups in total. The van der Waals surface area contributed by atoms with E-state index >= 15 is 0 Å². The zero-order valence-corrected chi connectivity index (χ0v) is 15.7. The van der Waals surface area contributed by atoms with Crippen LogP contribution in [0.3, 0.4) is 0 Å². The van der Waals surface area contributed by atoms with Crippen molar-refractivity contribution in [2.45, 2.75) is 64.3 Å². The number of pyridine rings is 1. The summed E-state index contributed by atoms with van der Waals surface area (Å²) in [7, 11) is 0. The smallest absolute Gasteiger partial charge is 0.256 e. The lowest BCUT2D eigenvalue weighted by molar-refractivity contribution is 0.124. The van der Waals surface area contributed by atoms with Gasteiger partial charge in [0.15, 0.2) is 0 Å². The lowest BCUT2D eigenvalue weighted by atomic mass is 9.68. The number of hydrogen-bond acceptors (Lipinski definition) is 4. The maximum Gasteiger partial charge on any atom is 0.256 e. The van der Waals surface area contributed by atoms with Crippen molar-refractivity contribution >= 4 is 5.95 Å². The summed E-state index contributed by atoms with van der Waals surface area (Å²) in [6.45, 7) is 1.39. The van der Waals surface area contributed by atoms with Gasteiger partial charge in [-0.15, -0.1) is 10.2 Å². The SMILES string of the molecule is FC(F)Cn1c(Cc2ccccn2)nnc1N1CCC2(CCCCC2)CC1. The van der Waals surface area contributed by atoms with E-state index in [4.69, 9.17) is 0 Å². The minimum absolute atomic E-state index is 0.369. The zero-order chi connectivity index (χ0) is 18.7. The Morgan fingerprint density at radius 1 is 1.00 bits per heavy atom. The van der Waals surface area contributed by atoms with Crippen LogP contribution in [-0.4, -0.2) is 39.3 Å². The first kappa shape index (κ1) is 18.3. The molecule has 0 unspecified atom stereocenters. The molecule has 2 aliphatic rings. The van der Waals surface area contributed by atoms with Gasteiger partial charge in [-0.05, 0) is 43.2 Å².